The summed E-state index contributed by atoms with van der Waals surface area (Å²) in [6.45, 7) is 8.38. The summed E-state index contributed by atoms with van der Waals surface area (Å²) in [6, 6.07) is 0. The normalized spacial score (nSPS) is 17.1. The summed E-state index contributed by atoms with van der Waals surface area (Å²) in [5, 5.41) is 12.7. The summed E-state index contributed by atoms with van der Waals surface area (Å²) >= 11 is 1.52. The van der Waals surface area contributed by atoms with Crippen LogP contribution in [0.4, 0.5) is 0 Å². The maximum atomic E-state index is 12.2. The standard InChI is InChI=1S/C12H20N4OS/c1-9-14-15-10(18-9)8-13-11(17)12(2,3)16-6-4-5-7-16/h4-8H2,1-3H3,(H,13,17). The molecule has 18 heavy (non-hydrogen) atoms. The first kappa shape index (κ1) is 13.4. The molecule has 0 atom stereocenters. The predicted molar refractivity (Wildman–Crippen MR) is 71.4 cm³/mol. The number of likely N-dealkylation sites (tertiary alicyclic amines) is 1. The Labute approximate surface area is 112 Å². The Hall–Kier alpha value is -1.01. The van der Waals surface area contributed by atoms with Crippen LogP contribution in [0.3, 0.4) is 0 Å². The first-order valence-electron chi connectivity index (χ1n) is 6.32. The topological polar surface area (TPSA) is 58.1 Å². The zero-order valence-corrected chi connectivity index (χ0v) is 12.0. The summed E-state index contributed by atoms with van der Waals surface area (Å²) < 4.78 is 0. The molecule has 1 amide bonds. The number of hydrogen-bond acceptors (Lipinski definition) is 5. The van der Waals surface area contributed by atoms with Crippen LogP contribution in [0.1, 0.15) is 36.7 Å². The van der Waals surface area contributed by atoms with Crippen LogP contribution in [0.15, 0.2) is 0 Å². The van der Waals surface area contributed by atoms with Crippen LogP contribution in [0.25, 0.3) is 0 Å². The highest BCUT2D eigenvalue weighted by molar-refractivity contribution is 7.11. The van der Waals surface area contributed by atoms with Gasteiger partial charge in [0.05, 0.1) is 12.1 Å². The van der Waals surface area contributed by atoms with Crippen molar-refractivity contribution in [2.45, 2.75) is 45.7 Å². The minimum atomic E-state index is -0.434. The third-order valence-electron chi connectivity index (χ3n) is 3.42. The molecule has 0 aliphatic carbocycles. The number of aromatic nitrogens is 2. The number of carbonyl (C=O) groups is 1. The molecule has 0 bridgehead atoms. The monoisotopic (exact) mass is 268 g/mol. The van der Waals surface area contributed by atoms with E-state index in [2.05, 4.69) is 20.4 Å². The van der Waals surface area contributed by atoms with E-state index in [0.717, 1.165) is 23.1 Å². The molecule has 100 valence electrons. The number of nitrogens with one attached hydrogen (secondary N) is 1. The molecule has 2 rings (SSSR count). The molecule has 1 fully saturated rings. The van der Waals surface area contributed by atoms with Gasteiger partial charge in [0.15, 0.2) is 0 Å². The predicted octanol–water partition coefficient (Wildman–Crippen LogP) is 1.34. The molecule has 0 unspecified atom stereocenters. The lowest BCUT2D eigenvalue weighted by Gasteiger charge is -2.33. The quantitative estimate of drug-likeness (QED) is 0.895. The van der Waals surface area contributed by atoms with E-state index >= 15 is 0 Å². The number of nitrogens with zero attached hydrogens (tertiary/aromatic N) is 3. The molecule has 1 aromatic heterocycles. The Morgan fingerprint density at radius 2 is 2.06 bits per heavy atom. The molecule has 2 heterocycles. The van der Waals surface area contributed by atoms with Gasteiger partial charge in [-0.15, -0.1) is 10.2 Å². The van der Waals surface area contributed by atoms with E-state index < -0.39 is 5.54 Å². The van der Waals surface area contributed by atoms with Crippen LogP contribution in [-0.2, 0) is 11.3 Å². The van der Waals surface area contributed by atoms with E-state index in [1.165, 1.54) is 24.2 Å². The Morgan fingerprint density at radius 1 is 1.39 bits per heavy atom. The van der Waals surface area contributed by atoms with Gasteiger partial charge in [-0.1, -0.05) is 11.3 Å². The van der Waals surface area contributed by atoms with Crippen molar-refractivity contribution < 1.29 is 4.79 Å². The van der Waals surface area contributed by atoms with Crippen molar-refractivity contribution in [2.24, 2.45) is 0 Å². The Bertz CT molecular complexity index is 423. The molecular formula is C12H20N4OS. The van der Waals surface area contributed by atoms with Gasteiger partial charge in [0.25, 0.3) is 0 Å². The van der Waals surface area contributed by atoms with E-state index in [0.29, 0.717) is 6.54 Å². The maximum absolute atomic E-state index is 12.2. The fourth-order valence-electron chi connectivity index (χ4n) is 2.20. The third-order valence-corrected chi connectivity index (χ3v) is 4.26. The highest BCUT2D eigenvalue weighted by Gasteiger charge is 2.35. The van der Waals surface area contributed by atoms with Gasteiger partial charge in [0.2, 0.25) is 5.91 Å². The van der Waals surface area contributed by atoms with Crippen LogP contribution in [0, 0.1) is 6.92 Å². The molecule has 0 radical (unpaired) electrons. The zero-order chi connectivity index (χ0) is 13.2. The lowest BCUT2D eigenvalue weighted by atomic mass is 10.0. The van der Waals surface area contributed by atoms with Crippen molar-refractivity contribution in [2.75, 3.05) is 13.1 Å². The van der Waals surface area contributed by atoms with E-state index in [9.17, 15) is 4.79 Å². The van der Waals surface area contributed by atoms with E-state index in [4.69, 9.17) is 0 Å². The minimum absolute atomic E-state index is 0.0669. The highest BCUT2D eigenvalue weighted by atomic mass is 32.1. The molecule has 1 aliphatic heterocycles. The highest BCUT2D eigenvalue weighted by Crippen LogP contribution is 2.21. The van der Waals surface area contributed by atoms with Crippen molar-refractivity contribution in [3.8, 4) is 0 Å². The summed E-state index contributed by atoms with van der Waals surface area (Å²) in [5.74, 6) is 0.0669. The van der Waals surface area contributed by atoms with Crippen molar-refractivity contribution in [1.82, 2.24) is 20.4 Å². The van der Waals surface area contributed by atoms with Gasteiger partial charge in [-0.25, -0.2) is 0 Å². The summed E-state index contributed by atoms with van der Waals surface area (Å²) in [6.07, 6.45) is 2.37. The first-order chi connectivity index (χ1) is 8.50. The van der Waals surface area contributed by atoms with Crippen LogP contribution < -0.4 is 5.32 Å². The maximum Gasteiger partial charge on any atom is 0.240 e. The fraction of sp³-hybridized carbons (Fsp3) is 0.750. The summed E-state index contributed by atoms with van der Waals surface area (Å²) in [4.78, 5) is 14.5. The average Bonchev–Trinajstić information content (AvgIpc) is 2.96. The van der Waals surface area contributed by atoms with Gasteiger partial charge in [0.1, 0.15) is 10.0 Å². The molecule has 0 saturated carbocycles. The number of amides is 1. The van der Waals surface area contributed by atoms with Gasteiger partial charge < -0.3 is 5.32 Å². The number of carbonyl (C=O) groups excluding carboxylic acids is 1. The largest absolute Gasteiger partial charge is 0.348 e. The second-order valence-electron chi connectivity index (χ2n) is 5.15. The Kier molecular flexibility index (Phi) is 3.97. The molecule has 0 aromatic carbocycles. The second kappa shape index (κ2) is 5.32. The lowest BCUT2D eigenvalue weighted by molar-refractivity contribution is -0.131. The van der Waals surface area contributed by atoms with Gasteiger partial charge >= 0.3 is 0 Å². The van der Waals surface area contributed by atoms with Gasteiger partial charge in [-0.3, -0.25) is 9.69 Å². The fourth-order valence-corrected chi connectivity index (χ4v) is 2.85. The summed E-state index contributed by atoms with van der Waals surface area (Å²) in [5.41, 5.74) is -0.434. The SMILES string of the molecule is Cc1nnc(CNC(=O)C(C)(C)N2CCCC2)s1. The van der Waals surface area contributed by atoms with Crippen LogP contribution in [-0.4, -0.2) is 39.6 Å². The number of rotatable bonds is 4. The lowest BCUT2D eigenvalue weighted by Crippen LogP contribution is -2.53. The van der Waals surface area contributed by atoms with E-state index in [-0.39, 0.29) is 5.91 Å². The molecule has 5 nitrogen and oxygen atoms in total. The zero-order valence-electron chi connectivity index (χ0n) is 11.2. The molecule has 1 aliphatic rings. The molecule has 1 saturated heterocycles. The van der Waals surface area contributed by atoms with Crippen LogP contribution in [0.5, 0.6) is 0 Å². The van der Waals surface area contributed by atoms with Gasteiger partial charge in [0, 0.05) is 0 Å². The Balaban J connectivity index is 1.90. The van der Waals surface area contributed by atoms with Crippen molar-refractivity contribution in [3.05, 3.63) is 10.0 Å². The third kappa shape index (κ3) is 2.87. The number of aryl methyl sites for hydroxylation is 1. The molecule has 0 spiro atoms. The second-order valence-corrected chi connectivity index (χ2v) is 6.42. The summed E-state index contributed by atoms with van der Waals surface area (Å²) in [7, 11) is 0. The molecule has 1 aromatic rings. The van der Waals surface area contributed by atoms with E-state index in [1.807, 2.05) is 20.8 Å². The molecular weight excluding hydrogens is 248 g/mol. The minimum Gasteiger partial charge on any atom is -0.348 e. The Morgan fingerprint density at radius 3 is 2.61 bits per heavy atom. The van der Waals surface area contributed by atoms with Crippen LogP contribution in [0.2, 0.25) is 0 Å². The van der Waals surface area contributed by atoms with Gasteiger partial charge in [-0.2, -0.15) is 0 Å². The van der Waals surface area contributed by atoms with Crippen molar-refractivity contribution >= 4 is 17.2 Å². The molecule has 6 heteroatoms. The van der Waals surface area contributed by atoms with Crippen LogP contribution >= 0.6 is 11.3 Å². The smallest absolute Gasteiger partial charge is 0.240 e. The van der Waals surface area contributed by atoms with Gasteiger partial charge in [-0.05, 0) is 46.7 Å². The molecule has 1 N–H and O–H groups in total. The van der Waals surface area contributed by atoms with Crippen molar-refractivity contribution in [1.29, 1.82) is 0 Å². The average molecular weight is 268 g/mol. The number of hydrogen-bond donors (Lipinski definition) is 1. The van der Waals surface area contributed by atoms with E-state index in [1.54, 1.807) is 0 Å². The first-order valence-corrected chi connectivity index (χ1v) is 7.14. The van der Waals surface area contributed by atoms with Crippen molar-refractivity contribution in [3.63, 3.8) is 0 Å².